The van der Waals surface area contributed by atoms with E-state index in [0.717, 1.165) is 19.3 Å². The fourth-order valence-corrected chi connectivity index (χ4v) is 0.925. The van der Waals surface area contributed by atoms with Crippen LogP contribution >= 0.6 is 0 Å². The summed E-state index contributed by atoms with van der Waals surface area (Å²) in [5.41, 5.74) is 5.30. The molecule has 0 atom stereocenters. The molecule has 0 radical (unpaired) electrons. The summed E-state index contributed by atoms with van der Waals surface area (Å²) in [5, 5.41) is 2.46. The molecule has 0 saturated carbocycles. The largest absolute Gasteiger partial charge is 0.347 e. The predicted octanol–water partition coefficient (Wildman–Crippen LogP) is -0.151. The fraction of sp³-hybridized carbons (Fsp3) is 0.667. The molecule has 0 aliphatic heterocycles. The summed E-state index contributed by atoms with van der Waals surface area (Å²) < 4.78 is 0. The molecule has 0 aromatic carbocycles. The van der Waals surface area contributed by atoms with E-state index in [4.69, 9.17) is 5.73 Å². The number of hydrogen-bond donors (Lipinski definition) is 2. The van der Waals surface area contributed by atoms with E-state index in [1.165, 1.54) is 0 Å². The minimum atomic E-state index is -0.416. The van der Waals surface area contributed by atoms with Crippen LogP contribution in [0, 0.1) is 0 Å². The Morgan fingerprint density at radius 3 is 2.57 bits per heavy atom. The third-order valence-electron chi connectivity index (χ3n) is 1.72. The van der Waals surface area contributed by atoms with E-state index < -0.39 is 5.91 Å². The molecule has 0 unspecified atom stereocenters. The molecule has 3 N–H and O–H groups in total. The van der Waals surface area contributed by atoms with Crippen molar-refractivity contribution < 1.29 is 9.59 Å². The van der Waals surface area contributed by atoms with Gasteiger partial charge in [-0.1, -0.05) is 6.42 Å². The third-order valence-corrected chi connectivity index (χ3v) is 1.72. The van der Waals surface area contributed by atoms with Gasteiger partial charge in [0.25, 0.3) is 5.91 Å². The highest BCUT2D eigenvalue weighted by Gasteiger charge is 2.02. The molecule has 14 heavy (non-hydrogen) atoms. The molecule has 5 nitrogen and oxygen atoms in total. The quantitative estimate of drug-likeness (QED) is 0.441. The van der Waals surface area contributed by atoms with Crippen molar-refractivity contribution >= 4 is 18.5 Å². The number of rotatable bonds is 7. The normalized spacial score (nSPS) is 9.50. The van der Waals surface area contributed by atoms with Crippen LogP contribution in [-0.2, 0) is 9.59 Å². The number of nitrogens with one attached hydrogen (secondary N) is 1. The Kier molecular flexibility index (Phi) is 7.64. The molecule has 2 amide bonds. The zero-order valence-corrected chi connectivity index (χ0v) is 8.29. The van der Waals surface area contributed by atoms with Crippen molar-refractivity contribution in [2.45, 2.75) is 25.7 Å². The Morgan fingerprint density at radius 2 is 2.00 bits per heavy atom. The van der Waals surface area contributed by atoms with Crippen LogP contribution in [0.15, 0.2) is 4.99 Å². The Balaban J connectivity index is 3.37. The van der Waals surface area contributed by atoms with Gasteiger partial charge < -0.3 is 11.1 Å². The number of unbranched alkanes of at least 4 members (excludes halogenated alkanes) is 2. The van der Waals surface area contributed by atoms with Gasteiger partial charge in [0, 0.05) is 6.42 Å². The van der Waals surface area contributed by atoms with Crippen LogP contribution < -0.4 is 11.1 Å². The maximum Gasteiger partial charge on any atom is 0.264 e. The van der Waals surface area contributed by atoms with Crippen molar-refractivity contribution in [3.63, 3.8) is 0 Å². The summed E-state index contributed by atoms with van der Waals surface area (Å²) in [6.45, 7) is 3.66. The molecule has 5 heteroatoms. The third kappa shape index (κ3) is 7.42. The van der Waals surface area contributed by atoms with Crippen LogP contribution in [0.25, 0.3) is 0 Å². The van der Waals surface area contributed by atoms with Gasteiger partial charge in [0.1, 0.15) is 0 Å². The van der Waals surface area contributed by atoms with E-state index >= 15 is 0 Å². The van der Waals surface area contributed by atoms with Gasteiger partial charge in [0.05, 0.1) is 6.54 Å². The summed E-state index contributed by atoms with van der Waals surface area (Å²) >= 11 is 0. The monoisotopic (exact) mass is 199 g/mol. The van der Waals surface area contributed by atoms with Gasteiger partial charge in [-0.2, -0.15) is 0 Å². The van der Waals surface area contributed by atoms with Crippen molar-refractivity contribution in [3.05, 3.63) is 0 Å². The van der Waals surface area contributed by atoms with Crippen molar-refractivity contribution in [3.8, 4) is 0 Å². The summed E-state index contributed by atoms with van der Waals surface area (Å²) in [7, 11) is 0. The van der Waals surface area contributed by atoms with Crippen molar-refractivity contribution in [1.29, 1.82) is 0 Å². The maximum atomic E-state index is 11.1. The molecule has 0 bridgehead atoms. The molecule has 0 rings (SSSR count). The van der Waals surface area contributed by atoms with Crippen LogP contribution in [0.2, 0.25) is 0 Å². The first-order valence-electron chi connectivity index (χ1n) is 4.67. The van der Waals surface area contributed by atoms with Crippen LogP contribution in [-0.4, -0.2) is 31.6 Å². The maximum absolute atomic E-state index is 11.1. The topological polar surface area (TPSA) is 84.5 Å². The summed E-state index contributed by atoms with van der Waals surface area (Å²) in [6, 6.07) is 0. The lowest BCUT2D eigenvalue weighted by Crippen LogP contribution is -2.28. The molecule has 0 aromatic rings. The second kappa shape index (κ2) is 8.37. The number of nitrogens with zero attached hydrogens (tertiary/aromatic N) is 1. The van der Waals surface area contributed by atoms with E-state index in [0.29, 0.717) is 13.0 Å². The van der Waals surface area contributed by atoms with Gasteiger partial charge in [-0.3, -0.25) is 9.59 Å². The number of aliphatic imine (C=N–C) groups is 1. The van der Waals surface area contributed by atoms with E-state index in [-0.39, 0.29) is 12.5 Å². The molecule has 0 fully saturated rings. The Bertz CT molecular complexity index is 204. The lowest BCUT2D eigenvalue weighted by Gasteiger charge is -2.01. The SMILES string of the molecule is C=NC(=O)CNC(=O)CCCCCN. The van der Waals surface area contributed by atoms with E-state index in [1.54, 1.807) is 0 Å². The van der Waals surface area contributed by atoms with Gasteiger partial charge in [-0.05, 0) is 26.1 Å². The van der Waals surface area contributed by atoms with Crippen molar-refractivity contribution in [2.75, 3.05) is 13.1 Å². The van der Waals surface area contributed by atoms with Gasteiger partial charge in [-0.15, -0.1) is 0 Å². The predicted molar refractivity (Wildman–Crippen MR) is 55.1 cm³/mol. The lowest BCUT2D eigenvalue weighted by atomic mass is 10.2. The first kappa shape index (κ1) is 12.8. The van der Waals surface area contributed by atoms with E-state index in [1.807, 2.05) is 0 Å². The van der Waals surface area contributed by atoms with E-state index in [2.05, 4.69) is 17.0 Å². The summed E-state index contributed by atoms with van der Waals surface area (Å²) in [6.07, 6.45) is 3.11. The highest BCUT2D eigenvalue weighted by Crippen LogP contribution is 1.97. The minimum absolute atomic E-state index is 0.0563. The second-order valence-corrected chi connectivity index (χ2v) is 2.93. The van der Waals surface area contributed by atoms with Crippen LogP contribution in [0.4, 0.5) is 0 Å². The number of amides is 2. The molecule has 0 heterocycles. The second-order valence-electron chi connectivity index (χ2n) is 2.93. The summed E-state index contributed by atoms with van der Waals surface area (Å²) in [5.74, 6) is -0.542. The number of hydrogen-bond acceptors (Lipinski definition) is 3. The molecule has 80 valence electrons. The zero-order valence-electron chi connectivity index (χ0n) is 8.29. The first-order valence-corrected chi connectivity index (χ1v) is 4.67. The van der Waals surface area contributed by atoms with Crippen LogP contribution in [0.5, 0.6) is 0 Å². The highest BCUT2D eigenvalue weighted by molar-refractivity contribution is 5.86. The Hall–Kier alpha value is -1.23. The van der Waals surface area contributed by atoms with Crippen LogP contribution in [0.1, 0.15) is 25.7 Å². The van der Waals surface area contributed by atoms with Gasteiger partial charge in [0.2, 0.25) is 5.91 Å². The Labute approximate surface area is 83.8 Å². The zero-order chi connectivity index (χ0) is 10.8. The van der Waals surface area contributed by atoms with Crippen LogP contribution in [0.3, 0.4) is 0 Å². The standard InChI is InChI=1S/C9H17N3O2/c1-11-9(14)7-12-8(13)5-3-2-4-6-10/h1-7,10H2,(H,12,13). The lowest BCUT2D eigenvalue weighted by molar-refractivity contribution is -0.124. The number of carbonyl (C=O) groups excluding carboxylic acids is 2. The number of carbonyl (C=O) groups is 2. The smallest absolute Gasteiger partial charge is 0.264 e. The van der Waals surface area contributed by atoms with E-state index in [9.17, 15) is 9.59 Å². The van der Waals surface area contributed by atoms with Crippen molar-refractivity contribution in [2.24, 2.45) is 10.7 Å². The van der Waals surface area contributed by atoms with Crippen molar-refractivity contribution in [1.82, 2.24) is 5.32 Å². The average molecular weight is 199 g/mol. The first-order chi connectivity index (χ1) is 6.70. The molecule has 0 aliphatic rings. The highest BCUT2D eigenvalue weighted by atomic mass is 16.2. The molecule has 0 saturated heterocycles. The number of nitrogens with two attached hydrogens (primary N) is 1. The fourth-order valence-electron chi connectivity index (χ4n) is 0.925. The summed E-state index contributed by atoms with van der Waals surface area (Å²) in [4.78, 5) is 24.9. The molecular weight excluding hydrogens is 182 g/mol. The molecule has 0 spiro atoms. The molecule has 0 aliphatic carbocycles. The Morgan fingerprint density at radius 1 is 1.29 bits per heavy atom. The molecule has 0 aromatic heterocycles. The van der Waals surface area contributed by atoms with Gasteiger partial charge in [0.15, 0.2) is 0 Å². The minimum Gasteiger partial charge on any atom is -0.347 e. The van der Waals surface area contributed by atoms with Gasteiger partial charge in [-0.25, -0.2) is 4.99 Å². The van der Waals surface area contributed by atoms with Gasteiger partial charge >= 0.3 is 0 Å². The average Bonchev–Trinajstić information content (AvgIpc) is 2.21. The molecular formula is C9H17N3O2.